The molecule has 0 radical (unpaired) electrons. The molecule has 0 heterocycles. The van der Waals surface area contributed by atoms with Gasteiger partial charge in [0, 0.05) is 13.7 Å². The van der Waals surface area contributed by atoms with E-state index in [1.54, 1.807) is 0 Å². The average molecular weight is 211 g/mol. The zero-order valence-corrected chi connectivity index (χ0v) is 9.02. The first kappa shape index (κ1) is 12.8. The summed E-state index contributed by atoms with van der Waals surface area (Å²) in [4.78, 5) is 0. The number of rotatable bonds is 6. The van der Waals surface area contributed by atoms with Gasteiger partial charge in [-0.1, -0.05) is 0 Å². The number of sulfonamides is 1. The van der Waals surface area contributed by atoms with Crippen LogP contribution in [0.4, 0.5) is 0 Å². The van der Waals surface area contributed by atoms with Crippen LogP contribution < -0.4 is 4.72 Å². The lowest BCUT2D eigenvalue weighted by molar-refractivity contribution is -0.0119. The standard InChI is InChI=1S/C7H17NO4S/c1-4-13(10,11)8-5-7(2,9)6-12-3/h8-9H,4-6H2,1-3H3. The van der Waals surface area contributed by atoms with Gasteiger partial charge in [-0.3, -0.25) is 0 Å². The Kier molecular flexibility index (Phi) is 4.83. The van der Waals surface area contributed by atoms with Gasteiger partial charge in [0.15, 0.2) is 0 Å². The zero-order valence-electron chi connectivity index (χ0n) is 8.20. The summed E-state index contributed by atoms with van der Waals surface area (Å²) < 4.78 is 29.0. The van der Waals surface area contributed by atoms with Crippen molar-refractivity contribution in [2.24, 2.45) is 0 Å². The Bertz CT molecular complexity index is 235. The SMILES string of the molecule is CCS(=O)(=O)NCC(C)(O)COC. The van der Waals surface area contributed by atoms with E-state index in [1.165, 1.54) is 21.0 Å². The van der Waals surface area contributed by atoms with Crippen LogP contribution in [0.25, 0.3) is 0 Å². The minimum Gasteiger partial charge on any atom is -0.386 e. The maximum Gasteiger partial charge on any atom is 0.211 e. The lowest BCUT2D eigenvalue weighted by Gasteiger charge is -2.22. The molecule has 1 unspecified atom stereocenters. The van der Waals surface area contributed by atoms with Crippen LogP contribution >= 0.6 is 0 Å². The van der Waals surface area contributed by atoms with E-state index in [0.717, 1.165) is 0 Å². The Balaban J connectivity index is 4.01. The topological polar surface area (TPSA) is 75.6 Å². The Labute approximate surface area is 79.1 Å². The van der Waals surface area contributed by atoms with Gasteiger partial charge < -0.3 is 9.84 Å². The van der Waals surface area contributed by atoms with Crippen LogP contribution in [0.15, 0.2) is 0 Å². The molecule has 0 aliphatic rings. The molecule has 0 aliphatic carbocycles. The van der Waals surface area contributed by atoms with Crippen LogP contribution in [0.2, 0.25) is 0 Å². The molecule has 0 aromatic heterocycles. The van der Waals surface area contributed by atoms with Gasteiger partial charge in [0.2, 0.25) is 10.0 Å². The first-order valence-corrected chi connectivity index (χ1v) is 5.67. The third kappa shape index (κ3) is 5.98. The summed E-state index contributed by atoms with van der Waals surface area (Å²) in [5, 5.41) is 9.52. The van der Waals surface area contributed by atoms with Gasteiger partial charge in [0.1, 0.15) is 0 Å². The fourth-order valence-electron chi connectivity index (χ4n) is 0.729. The molecule has 1 atom stereocenters. The second-order valence-corrected chi connectivity index (χ2v) is 5.25. The normalized spacial score (nSPS) is 16.9. The maximum atomic E-state index is 11.0. The number of ether oxygens (including phenoxy) is 1. The quantitative estimate of drug-likeness (QED) is 0.610. The molecule has 0 saturated carbocycles. The predicted molar refractivity (Wildman–Crippen MR) is 50.0 cm³/mol. The van der Waals surface area contributed by atoms with Gasteiger partial charge >= 0.3 is 0 Å². The van der Waals surface area contributed by atoms with Crippen molar-refractivity contribution in [3.8, 4) is 0 Å². The van der Waals surface area contributed by atoms with Crippen LogP contribution in [0.1, 0.15) is 13.8 Å². The molecular weight excluding hydrogens is 194 g/mol. The summed E-state index contributed by atoms with van der Waals surface area (Å²) in [7, 11) is -1.79. The van der Waals surface area contributed by atoms with Crippen LogP contribution in [0.3, 0.4) is 0 Å². The molecule has 0 amide bonds. The summed E-state index contributed by atoms with van der Waals surface area (Å²) >= 11 is 0. The highest BCUT2D eigenvalue weighted by Crippen LogP contribution is 2.01. The summed E-state index contributed by atoms with van der Waals surface area (Å²) in [6.45, 7) is 3.11. The van der Waals surface area contributed by atoms with E-state index in [4.69, 9.17) is 4.74 Å². The number of methoxy groups -OCH3 is 1. The third-order valence-corrected chi connectivity index (χ3v) is 2.85. The molecule has 0 aromatic rings. The van der Waals surface area contributed by atoms with E-state index in [1.807, 2.05) is 0 Å². The van der Waals surface area contributed by atoms with Gasteiger partial charge in [-0.15, -0.1) is 0 Å². The highest BCUT2D eigenvalue weighted by Gasteiger charge is 2.22. The van der Waals surface area contributed by atoms with Crippen molar-refractivity contribution in [2.45, 2.75) is 19.4 Å². The number of nitrogens with one attached hydrogen (secondary N) is 1. The van der Waals surface area contributed by atoms with E-state index >= 15 is 0 Å². The van der Waals surface area contributed by atoms with Crippen molar-refractivity contribution >= 4 is 10.0 Å². The molecule has 80 valence electrons. The summed E-state index contributed by atoms with van der Waals surface area (Å²) in [6, 6.07) is 0. The molecule has 2 N–H and O–H groups in total. The lowest BCUT2D eigenvalue weighted by atomic mass is 10.1. The largest absolute Gasteiger partial charge is 0.386 e. The lowest BCUT2D eigenvalue weighted by Crippen LogP contribution is -2.44. The number of hydrogen-bond donors (Lipinski definition) is 2. The van der Waals surface area contributed by atoms with Crippen LogP contribution in [-0.4, -0.2) is 45.1 Å². The Morgan fingerprint density at radius 1 is 1.54 bits per heavy atom. The Hall–Kier alpha value is -0.170. The monoisotopic (exact) mass is 211 g/mol. The molecule has 0 bridgehead atoms. The van der Waals surface area contributed by atoms with Crippen molar-refractivity contribution in [3.05, 3.63) is 0 Å². The van der Waals surface area contributed by atoms with E-state index in [0.29, 0.717) is 0 Å². The molecule has 0 fully saturated rings. The van der Waals surface area contributed by atoms with Crippen LogP contribution in [0, 0.1) is 0 Å². The summed E-state index contributed by atoms with van der Waals surface area (Å²) in [5.74, 6) is 0.00998. The van der Waals surface area contributed by atoms with Gasteiger partial charge in [0.05, 0.1) is 18.0 Å². The maximum absolute atomic E-state index is 11.0. The molecule has 0 rings (SSSR count). The highest BCUT2D eigenvalue weighted by molar-refractivity contribution is 7.89. The van der Waals surface area contributed by atoms with Crippen molar-refractivity contribution in [3.63, 3.8) is 0 Å². The first-order valence-electron chi connectivity index (χ1n) is 4.01. The smallest absolute Gasteiger partial charge is 0.211 e. The van der Waals surface area contributed by atoms with Gasteiger partial charge in [-0.05, 0) is 13.8 Å². The fraction of sp³-hybridized carbons (Fsp3) is 1.00. The zero-order chi connectivity index (χ0) is 10.5. The van der Waals surface area contributed by atoms with Crippen LogP contribution in [0.5, 0.6) is 0 Å². The molecule has 0 aromatic carbocycles. The van der Waals surface area contributed by atoms with E-state index in [-0.39, 0.29) is 18.9 Å². The van der Waals surface area contributed by atoms with Crippen molar-refractivity contribution in [1.29, 1.82) is 0 Å². The van der Waals surface area contributed by atoms with Crippen molar-refractivity contribution in [2.75, 3.05) is 26.0 Å². The Morgan fingerprint density at radius 3 is 2.46 bits per heavy atom. The Morgan fingerprint density at radius 2 is 2.08 bits per heavy atom. The number of aliphatic hydroxyl groups is 1. The van der Waals surface area contributed by atoms with E-state index in [9.17, 15) is 13.5 Å². The molecule has 0 saturated heterocycles. The molecule has 0 aliphatic heterocycles. The second-order valence-electron chi connectivity index (χ2n) is 3.15. The minimum absolute atomic E-state index is 0.00998. The third-order valence-electron chi connectivity index (χ3n) is 1.51. The molecular formula is C7H17NO4S. The van der Waals surface area contributed by atoms with Gasteiger partial charge in [0.25, 0.3) is 0 Å². The highest BCUT2D eigenvalue weighted by atomic mass is 32.2. The molecule has 6 heteroatoms. The second kappa shape index (κ2) is 4.90. The summed E-state index contributed by atoms with van der Waals surface area (Å²) in [6.07, 6.45) is 0. The minimum atomic E-state index is -3.24. The van der Waals surface area contributed by atoms with Crippen molar-refractivity contribution < 1.29 is 18.3 Å². The van der Waals surface area contributed by atoms with Crippen molar-refractivity contribution in [1.82, 2.24) is 4.72 Å². The average Bonchev–Trinajstić information content (AvgIpc) is 2.02. The molecule has 13 heavy (non-hydrogen) atoms. The first-order chi connectivity index (χ1) is 5.83. The van der Waals surface area contributed by atoms with E-state index < -0.39 is 15.6 Å². The predicted octanol–water partition coefficient (Wildman–Crippen LogP) is -0.677. The number of hydrogen-bond acceptors (Lipinski definition) is 4. The van der Waals surface area contributed by atoms with Crippen LogP contribution in [-0.2, 0) is 14.8 Å². The van der Waals surface area contributed by atoms with E-state index in [2.05, 4.69) is 4.72 Å². The van der Waals surface area contributed by atoms with Gasteiger partial charge in [-0.2, -0.15) is 0 Å². The molecule has 5 nitrogen and oxygen atoms in total. The van der Waals surface area contributed by atoms with Gasteiger partial charge in [-0.25, -0.2) is 13.1 Å². The summed E-state index contributed by atoms with van der Waals surface area (Å²) in [5.41, 5.74) is -1.16. The molecule has 0 spiro atoms. The fourth-order valence-corrected chi connectivity index (χ4v) is 1.46.